The van der Waals surface area contributed by atoms with E-state index in [1.165, 1.54) is 24.0 Å². The molecule has 0 spiro atoms. The Morgan fingerprint density at radius 2 is 1.88 bits per heavy atom. The van der Waals surface area contributed by atoms with Crippen molar-refractivity contribution in [2.45, 2.75) is 46.1 Å². The molecule has 3 aromatic rings. The number of likely N-dealkylation sites (N-methyl/N-ethyl adjacent to an activating group) is 1. The van der Waals surface area contributed by atoms with Gasteiger partial charge in [0.05, 0.1) is 18.3 Å². The molecule has 0 unspecified atom stereocenters. The fraction of sp³-hybridized carbons (Fsp3) is 0.419. The second-order valence-corrected chi connectivity index (χ2v) is 10.3. The standard InChI is InChI=1S/C31H35F2N5O3/c1-6-36(4)10-8-20-12-23(26-18-37(5)29(39)14-24(26)30(32)33)22-9-11-38(31(40)25(22)13-20)19(3)27-15-28(41-7-2)21(16-34)17-35-27/h12-15,17-19,30H,6-11H2,1-5H3/t19-/m0/s1. The molecule has 10 heteroatoms. The third-order valence-corrected chi connectivity index (χ3v) is 7.71. The third-order valence-electron chi connectivity index (χ3n) is 7.71. The first-order chi connectivity index (χ1) is 19.6. The van der Waals surface area contributed by atoms with Gasteiger partial charge in [-0.3, -0.25) is 14.6 Å². The minimum absolute atomic E-state index is 0.224. The number of pyridine rings is 2. The molecule has 0 aliphatic carbocycles. The molecule has 0 bridgehead atoms. The number of benzene rings is 1. The quantitative estimate of drug-likeness (QED) is 0.348. The van der Waals surface area contributed by atoms with Crippen LogP contribution in [-0.2, 0) is 19.9 Å². The van der Waals surface area contributed by atoms with Crippen LogP contribution in [0, 0.1) is 11.3 Å². The van der Waals surface area contributed by atoms with E-state index in [0.29, 0.717) is 59.7 Å². The van der Waals surface area contributed by atoms with Crippen molar-refractivity contribution in [2.75, 3.05) is 33.3 Å². The van der Waals surface area contributed by atoms with Crippen molar-refractivity contribution >= 4 is 5.91 Å². The van der Waals surface area contributed by atoms with Gasteiger partial charge in [-0.15, -0.1) is 0 Å². The number of aromatic nitrogens is 2. The number of fused-ring (bicyclic) bond motifs is 1. The summed E-state index contributed by atoms with van der Waals surface area (Å²) in [5.41, 5.74) is 2.86. The van der Waals surface area contributed by atoms with Crippen molar-refractivity contribution in [2.24, 2.45) is 7.05 Å². The van der Waals surface area contributed by atoms with Crippen molar-refractivity contribution < 1.29 is 18.3 Å². The Morgan fingerprint density at radius 3 is 2.54 bits per heavy atom. The molecule has 8 nitrogen and oxygen atoms in total. The highest BCUT2D eigenvalue weighted by Crippen LogP contribution is 2.38. The molecule has 1 aliphatic heterocycles. The van der Waals surface area contributed by atoms with Crippen LogP contribution in [0.3, 0.4) is 0 Å². The first kappa shape index (κ1) is 29.9. The summed E-state index contributed by atoms with van der Waals surface area (Å²) in [4.78, 5) is 34.6. The van der Waals surface area contributed by atoms with Gasteiger partial charge in [0.25, 0.3) is 17.9 Å². The number of amides is 1. The molecular formula is C31H35F2N5O3. The first-order valence-corrected chi connectivity index (χ1v) is 13.8. The molecule has 0 radical (unpaired) electrons. The van der Waals surface area contributed by atoms with Gasteiger partial charge in [-0.25, -0.2) is 8.78 Å². The average Bonchev–Trinajstić information content (AvgIpc) is 2.96. The van der Waals surface area contributed by atoms with Gasteiger partial charge >= 0.3 is 0 Å². The molecule has 2 aromatic heterocycles. The second-order valence-electron chi connectivity index (χ2n) is 10.3. The lowest BCUT2D eigenvalue weighted by Gasteiger charge is -2.35. The Bertz CT molecular complexity index is 1550. The van der Waals surface area contributed by atoms with Gasteiger partial charge in [-0.2, -0.15) is 5.26 Å². The molecule has 4 rings (SSSR count). The van der Waals surface area contributed by atoms with Crippen molar-refractivity contribution in [1.82, 2.24) is 19.4 Å². The van der Waals surface area contributed by atoms with E-state index in [4.69, 9.17) is 4.74 Å². The summed E-state index contributed by atoms with van der Waals surface area (Å²) in [6.45, 7) is 8.05. The maximum atomic E-state index is 14.2. The fourth-order valence-electron chi connectivity index (χ4n) is 5.16. The van der Waals surface area contributed by atoms with E-state index in [1.807, 2.05) is 33.0 Å². The van der Waals surface area contributed by atoms with Crippen LogP contribution in [-0.4, -0.2) is 58.5 Å². The monoisotopic (exact) mass is 563 g/mol. The molecule has 1 aromatic carbocycles. The van der Waals surface area contributed by atoms with Crippen molar-refractivity contribution in [3.05, 3.63) is 80.5 Å². The van der Waals surface area contributed by atoms with Crippen LogP contribution in [0.25, 0.3) is 11.1 Å². The van der Waals surface area contributed by atoms with Crippen LogP contribution in [0.2, 0.25) is 0 Å². The van der Waals surface area contributed by atoms with Crippen LogP contribution in [0.5, 0.6) is 5.75 Å². The number of aryl methyl sites for hydroxylation is 1. The first-order valence-electron chi connectivity index (χ1n) is 13.8. The van der Waals surface area contributed by atoms with Crippen molar-refractivity contribution in [1.29, 1.82) is 5.26 Å². The molecule has 0 fully saturated rings. The second kappa shape index (κ2) is 12.6. The van der Waals surface area contributed by atoms with Crippen LogP contribution >= 0.6 is 0 Å². The highest BCUT2D eigenvalue weighted by Gasteiger charge is 2.32. The predicted octanol–water partition coefficient (Wildman–Crippen LogP) is 4.91. The Kier molecular flexibility index (Phi) is 9.18. The van der Waals surface area contributed by atoms with E-state index in [1.54, 1.807) is 11.0 Å². The Balaban J connectivity index is 1.81. The molecule has 0 saturated carbocycles. The molecule has 1 aliphatic rings. The molecule has 41 heavy (non-hydrogen) atoms. The maximum absolute atomic E-state index is 14.2. The van der Waals surface area contributed by atoms with Gasteiger partial charge < -0.3 is 19.1 Å². The zero-order valence-corrected chi connectivity index (χ0v) is 24.1. The molecule has 3 heterocycles. The zero-order chi connectivity index (χ0) is 29.8. The Hall–Kier alpha value is -4.10. The summed E-state index contributed by atoms with van der Waals surface area (Å²) in [6, 6.07) is 8.08. The summed E-state index contributed by atoms with van der Waals surface area (Å²) >= 11 is 0. The number of ether oxygens (including phenoxy) is 1. The molecule has 216 valence electrons. The number of nitrogens with zero attached hydrogens (tertiary/aromatic N) is 5. The van der Waals surface area contributed by atoms with Gasteiger partial charge in [0.1, 0.15) is 17.4 Å². The fourth-order valence-corrected chi connectivity index (χ4v) is 5.16. The summed E-state index contributed by atoms with van der Waals surface area (Å²) in [7, 11) is 3.53. The molecule has 0 saturated heterocycles. The average molecular weight is 564 g/mol. The van der Waals surface area contributed by atoms with Gasteiger partial charge in [-0.05, 0) is 63.0 Å². The van der Waals surface area contributed by atoms with Gasteiger partial charge in [0, 0.05) is 61.4 Å². The van der Waals surface area contributed by atoms with E-state index in [0.717, 1.165) is 24.7 Å². The smallest absolute Gasteiger partial charge is 0.264 e. The normalized spacial score (nSPS) is 13.9. The Morgan fingerprint density at radius 1 is 1.15 bits per heavy atom. The highest BCUT2D eigenvalue weighted by atomic mass is 19.3. The highest BCUT2D eigenvalue weighted by molar-refractivity contribution is 5.99. The molecule has 1 amide bonds. The minimum Gasteiger partial charge on any atom is -0.492 e. The van der Waals surface area contributed by atoms with Gasteiger partial charge in [-0.1, -0.05) is 13.0 Å². The number of hydrogen-bond donors (Lipinski definition) is 0. The lowest BCUT2D eigenvalue weighted by Crippen LogP contribution is -2.40. The van der Waals surface area contributed by atoms with E-state index in [2.05, 4.69) is 22.9 Å². The lowest BCUT2D eigenvalue weighted by molar-refractivity contribution is 0.0669. The van der Waals surface area contributed by atoms with Gasteiger partial charge in [0.15, 0.2) is 0 Å². The Labute approximate surface area is 238 Å². The van der Waals surface area contributed by atoms with Crippen LogP contribution in [0.15, 0.2) is 41.5 Å². The summed E-state index contributed by atoms with van der Waals surface area (Å²) < 4.78 is 35.2. The van der Waals surface area contributed by atoms with Crippen LogP contribution in [0.4, 0.5) is 8.78 Å². The van der Waals surface area contributed by atoms with E-state index in [-0.39, 0.29) is 17.0 Å². The summed E-state index contributed by atoms with van der Waals surface area (Å²) in [5.74, 6) is 0.189. The number of carbonyl (C=O) groups is 1. The lowest BCUT2D eigenvalue weighted by atomic mass is 9.86. The maximum Gasteiger partial charge on any atom is 0.264 e. The van der Waals surface area contributed by atoms with Gasteiger partial charge in [0.2, 0.25) is 0 Å². The number of halogens is 2. The van der Waals surface area contributed by atoms with E-state index >= 15 is 0 Å². The molecule has 0 N–H and O–H groups in total. The number of rotatable bonds is 10. The van der Waals surface area contributed by atoms with Crippen LogP contribution in [0.1, 0.15) is 71.5 Å². The topological polar surface area (TPSA) is 91.5 Å². The zero-order valence-electron chi connectivity index (χ0n) is 24.1. The van der Waals surface area contributed by atoms with Crippen LogP contribution < -0.4 is 10.3 Å². The number of carbonyl (C=O) groups excluding carboxylic acids is 1. The van der Waals surface area contributed by atoms with Crippen molar-refractivity contribution in [3.8, 4) is 22.9 Å². The minimum atomic E-state index is -2.85. The third kappa shape index (κ3) is 6.15. The molecular weight excluding hydrogens is 528 g/mol. The summed E-state index contributed by atoms with van der Waals surface area (Å²) in [6.07, 6.45) is 1.11. The van der Waals surface area contributed by atoms with E-state index in [9.17, 15) is 23.6 Å². The summed E-state index contributed by atoms with van der Waals surface area (Å²) in [5, 5.41) is 9.40. The molecule has 1 atom stereocenters. The SMILES string of the molecule is CCOc1cc([C@H](C)N2CCc3c(cc(CCN(C)CC)cc3-c3cn(C)c(=O)cc3C(F)F)C2=O)ncc1C#N. The largest absolute Gasteiger partial charge is 0.492 e. The number of hydrogen-bond acceptors (Lipinski definition) is 6. The number of nitriles is 1. The van der Waals surface area contributed by atoms with E-state index < -0.39 is 18.0 Å². The number of alkyl halides is 2. The predicted molar refractivity (Wildman–Crippen MR) is 152 cm³/mol. The van der Waals surface area contributed by atoms with Crippen molar-refractivity contribution in [3.63, 3.8) is 0 Å².